The van der Waals surface area contributed by atoms with E-state index in [4.69, 9.17) is 0 Å². The Morgan fingerprint density at radius 2 is 1.88 bits per heavy atom. The SMILES string of the molecule is CC1CC(C)CN(CCCNC(=O)c2cnn(-c3ccc(C(F)(F)F)cn3)c2C(C)C)C1. The van der Waals surface area contributed by atoms with Crippen LogP contribution in [0.15, 0.2) is 24.5 Å². The van der Waals surface area contributed by atoms with Crippen LogP contribution in [-0.2, 0) is 6.18 Å². The monoisotopic (exact) mass is 451 g/mol. The number of carbonyl (C=O) groups excluding carboxylic acids is 1. The number of amides is 1. The first-order chi connectivity index (χ1) is 15.1. The second-order valence-electron chi connectivity index (χ2n) is 9.23. The molecule has 0 radical (unpaired) electrons. The Morgan fingerprint density at radius 3 is 2.44 bits per heavy atom. The van der Waals surface area contributed by atoms with Gasteiger partial charge in [-0.3, -0.25) is 4.79 Å². The molecule has 1 fully saturated rings. The van der Waals surface area contributed by atoms with Crippen LogP contribution in [0.3, 0.4) is 0 Å². The molecule has 1 saturated heterocycles. The maximum atomic E-state index is 12.8. The molecule has 2 aromatic heterocycles. The predicted octanol–water partition coefficient (Wildman–Crippen LogP) is 4.51. The second kappa shape index (κ2) is 10.0. The molecule has 1 N–H and O–H groups in total. The lowest BCUT2D eigenvalue weighted by Gasteiger charge is -2.34. The standard InChI is InChI=1S/C23H32F3N5O/c1-15(2)21-19(12-29-31(21)20-7-6-18(11-28-20)23(24,25)26)22(32)27-8-5-9-30-13-16(3)10-17(4)14-30/h6-7,11-12,15-17H,5,8-10,13-14H2,1-4H3,(H,27,32). The molecule has 6 nitrogen and oxygen atoms in total. The molecule has 1 aliphatic heterocycles. The van der Waals surface area contributed by atoms with Crippen molar-refractivity contribution in [3.8, 4) is 5.82 Å². The van der Waals surface area contributed by atoms with Crippen molar-refractivity contribution in [2.75, 3.05) is 26.2 Å². The van der Waals surface area contributed by atoms with Crippen LogP contribution in [0.25, 0.3) is 5.82 Å². The van der Waals surface area contributed by atoms with Gasteiger partial charge >= 0.3 is 6.18 Å². The summed E-state index contributed by atoms with van der Waals surface area (Å²) < 4.78 is 39.9. The third-order valence-electron chi connectivity index (χ3n) is 5.77. The average molecular weight is 452 g/mol. The summed E-state index contributed by atoms with van der Waals surface area (Å²) in [7, 11) is 0. The van der Waals surface area contributed by atoms with E-state index in [2.05, 4.69) is 34.1 Å². The highest BCUT2D eigenvalue weighted by Crippen LogP contribution is 2.29. The zero-order chi connectivity index (χ0) is 23.5. The molecule has 0 bridgehead atoms. The fourth-order valence-electron chi connectivity index (χ4n) is 4.52. The minimum absolute atomic E-state index is 0.0707. The fraction of sp³-hybridized carbons (Fsp3) is 0.609. The molecule has 3 rings (SSSR count). The van der Waals surface area contributed by atoms with Crippen LogP contribution >= 0.6 is 0 Å². The number of likely N-dealkylation sites (tertiary alicyclic amines) is 1. The molecule has 0 spiro atoms. The number of halogens is 3. The number of aromatic nitrogens is 3. The van der Waals surface area contributed by atoms with Crippen molar-refractivity contribution in [1.29, 1.82) is 0 Å². The van der Waals surface area contributed by atoms with Gasteiger partial charge in [0, 0.05) is 25.8 Å². The average Bonchev–Trinajstić information content (AvgIpc) is 3.15. The summed E-state index contributed by atoms with van der Waals surface area (Å²) in [6.07, 6.45) is -0.0905. The van der Waals surface area contributed by atoms with Crippen LogP contribution in [0.4, 0.5) is 13.2 Å². The van der Waals surface area contributed by atoms with Crippen molar-refractivity contribution in [3.05, 3.63) is 41.3 Å². The van der Waals surface area contributed by atoms with Crippen LogP contribution in [-0.4, -0.2) is 51.8 Å². The minimum atomic E-state index is -4.45. The van der Waals surface area contributed by atoms with Gasteiger partial charge in [0.2, 0.25) is 0 Å². The Hall–Kier alpha value is -2.42. The normalized spacial score (nSPS) is 20.0. The van der Waals surface area contributed by atoms with Crippen LogP contribution in [0, 0.1) is 11.8 Å². The zero-order valence-electron chi connectivity index (χ0n) is 19.1. The number of alkyl halides is 3. The van der Waals surface area contributed by atoms with E-state index in [1.807, 2.05) is 13.8 Å². The molecule has 2 aromatic rings. The summed E-state index contributed by atoms with van der Waals surface area (Å²) in [5.41, 5.74) is 0.213. The first-order valence-corrected chi connectivity index (χ1v) is 11.2. The van der Waals surface area contributed by atoms with Crippen LogP contribution in [0.2, 0.25) is 0 Å². The fourth-order valence-corrected chi connectivity index (χ4v) is 4.52. The topological polar surface area (TPSA) is 63.1 Å². The zero-order valence-corrected chi connectivity index (χ0v) is 19.1. The van der Waals surface area contributed by atoms with Gasteiger partial charge in [0.15, 0.2) is 5.82 Å². The van der Waals surface area contributed by atoms with E-state index in [9.17, 15) is 18.0 Å². The van der Waals surface area contributed by atoms with Gasteiger partial charge in [-0.2, -0.15) is 18.3 Å². The first kappa shape index (κ1) is 24.2. The largest absolute Gasteiger partial charge is 0.417 e. The summed E-state index contributed by atoms with van der Waals surface area (Å²) in [4.78, 5) is 19.2. The van der Waals surface area contributed by atoms with E-state index in [-0.39, 0.29) is 17.6 Å². The number of rotatable bonds is 7. The summed E-state index contributed by atoms with van der Waals surface area (Å²) in [6.45, 7) is 12.1. The van der Waals surface area contributed by atoms with E-state index in [1.54, 1.807) is 0 Å². The number of hydrogen-bond donors (Lipinski definition) is 1. The van der Waals surface area contributed by atoms with Gasteiger partial charge in [-0.25, -0.2) is 9.67 Å². The van der Waals surface area contributed by atoms with E-state index >= 15 is 0 Å². The molecule has 2 unspecified atom stereocenters. The quantitative estimate of drug-likeness (QED) is 0.630. The summed E-state index contributed by atoms with van der Waals surface area (Å²) in [5.74, 6) is 1.35. The smallest absolute Gasteiger partial charge is 0.352 e. The molecular weight excluding hydrogens is 419 g/mol. The highest BCUT2D eigenvalue weighted by molar-refractivity contribution is 5.95. The molecule has 0 aliphatic carbocycles. The molecule has 3 heterocycles. The maximum Gasteiger partial charge on any atom is 0.417 e. The molecule has 1 amide bonds. The van der Waals surface area contributed by atoms with E-state index in [0.717, 1.165) is 38.3 Å². The van der Waals surface area contributed by atoms with Crippen molar-refractivity contribution in [3.63, 3.8) is 0 Å². The van der Waals surface area contributed by atoms with Gasteiger partial charge in [0.25, 0.3) is 5.91 Å². The highest BCUT2D eigenvalue weighted by Gasteiger charge is 2.31. The molecule has 176 valence electrons. The van der Waals surface area contributed by atoms with E-state index < -0.39 is 11.7 Å². The van der Waals surface area contributed by atoms with Crippen LogP contribution < -0.4 is 5.32 Å². The van der Waals surface area contributed by atoms with Crippen molar-refractivity contribution >= 4 is 5.91 Å². The van der Waals surface area contributed by atoms with Gasteiger partial charge in [-0.05, 0) is 49.3 Å². The number of nitrogens with zero attached hydrogens (tertiary/aromatic N) is 4. The Morgan fingerprint density at radius 1 is 1.19 bits per heavy atom. The molecule has 2 atom stereocenters. The summed E-state index contributed by atoms with van der Waals surface area (Å²) >= 11 is 0. The van der Waals surface area contributed by atoms with Gasteiger partial charge in [-0.15, -0.1) is 0 Å². The van der Waals surface area contributed by atoms with Gasteiger partial charge < -0.3 is 10.2 Å². The number of carbonyl (C=O) groups is 1. The Balaban J connectivity index is 1.64. The van der Waals surface area contributed by atoms with E-state index in [1.165, 1.54) is 23.4 Å². The molecule has 9 heteroatoms. The number of pyridine rings is 1. The Labute approximate surface area is 187 Å². The van der Waals surface area contributed by atoms with Crippen LogP contribution in [0.1, 0.15) is 68.1 Å². The Bertz CT molecular complexity index is 897. The lowest BCUT2D eigenvalue weighted by molar-refractivity contribution is -0.137. The van der Waals surface area contributed by atoms with Crippen molar-refractivity contribution in [2.45, 2.75) is 52.6 Å². The summed E-state index contributed by atoms with van der Waals surface area (Å²) in [5, 5.41) is 7.20. The van der Waals surface area contributed by atoms with Gasteiger partial charge in [0.1, 0.15) is 0 Å². The van der Waals surface area contributed by atoms with Gasteiger partial charge in [-0.1, -0.05) is 27.7 Å². The number of hydrogen-bond acceptors (Lipinski definition) is 4. The molecular formula is C23H32F3N5O. The third-order valence-corrected chi connectivity index (χ3v) is 5.77. The first-order valence-electron chi connectivity index (χ1n) is 11.2. The lowest BCUT2D eigenvalue weighted by Crippen LogP contribution is -2.40. The van der Waals surface area contributed by atoms with Crippen molar-refractivity contribution in [2.24, 2.45) is 11.8 Å². The number of nitrogens with one attached hydrogen (secondary N) is 1. The van der Waals surface area contributed by atoms with Crippen LogP contribution in [0.5, 0.6) is 0 Å². The summed E-state index contributed by atoms with van der Waals surface area (Å²) in [6, 6.07) is 2.24. The van der Waals surface area contributed by atoms with Crippen molar-refractivity contribution in [1.82, 2.24) is 25.0 Å². The lowest BCUT2D eigenvalue weighted by atomic mass is 9.92. The Kier molecular flexibility index (Phi) is 7.59. The molecule has 32 heavy (non-hydrogen) atoms. The highest BCUT2D eigenvalue weighted by atomic mass is 19.4. The third kappa shape index (κ3) is 5.88. The van der Waals surface area contributed by atoms with E-state index in [0.29, 0.717) is 29.6 Å². The molecule has 0 aromatic carbocycles. The molecule has 1 aliphatic rings. The van der Waals surface area contributed by atoms with Gasteiger partial charge in [0.05, 0.1) is 23.0 Å². The molecule has 0 saturated carbocycles. The maximum absolute atomic E-state index is 12.8. The van der Waals surface area contributed by atoms with Crippen molar-refractivity contribution < 1.29 is 18.0 Å². The minimum Gasteiger partial charge on any atom is -0.352 e. The predicted molar refractivity (Wildman–Crippen MR) is 117 cm³/mol. The second-order valence-corrected chi connectivity index (χ2v) is 9.23. The number of piperidine rings is 1.